The molecule has 4 aromatic rings. The summed E-state index contributed by atoms with van der Waals surface area (Å²) in [5.41, 5.74) is 3.56. The monoisotopic (exact) mass is 543 g/mol. The van der Waals surface area contributed by atoms with Gasteiger partial charge in [0.1, 0.15) is 5.76 Å². The van der Waals surface area contributed by atoms with E-state index in [1.165, 1.54) is 11.2 Å². The first kappa shape index (κ1) is 26.1. The molecule has 1 fully saturated rings. The molecule has 0 bridgehead atoms. The molecule has 1 aliphatic heterocycles. The zero-order valence-electron chi connectivity index (χ0n) is 21.1. The third kappa shape index (κ3) is 6.13. The van der Waals surface area contributed by atoms with Gasteiger partial charge in [-0.3, -0.25) is 14.5 Å². The van der Waals surface area contributed by atoms with Crippen molar-refractivity contribution in [1.82, 2.24) is 10.2 Å². The standard InChI is InChI=1S/C30H26ClN3O5/c1-19-7-9-20(10-8-19)18-34-26(29(36)32-17-25-6-3-15-38-25)27(39-30(34)37)21-11-13-24(14-12-21)33-28(35)22-4-2-5-23(31)16-22/h2-16,26-27H,17-18H2,1H3,(H,32,36)(H,33,35)/t26-,27+/m0/s1. The number of benzene rings is 3. The molecule has 2 atom stereocenters. The van der Waals surface area contributed by atoms with Crippen LogP contribution in [0.1, 0.15) is 38.9 Å². The lowest BCUT2D eigenvalue weighted by molar-refractivity contribution is -0.126. The first-order valence-corrected chi connectivity index (χ1v) is 12.7. The van der Waals surface area contributed by atoms with Gasteiger partial charge in [-0.15, -0.1) is 0 Å². The fourth-order valence-electron chi connectivity index (χ4n) is 4.38. The summed E-state index contributed by atoms with van der Waals surface area (Å²) in [6.45, 7) is 2.37. The molecule has 0 saturated carbocycles. The van der Waals surface area contributed by atoms with Crippen LogP contribution < -0.4 is 10.6 Å². The van der Waals surface area contributed by atoms with Gasteiger partial charge in [-0.1, -0.05) is 59.6 Å². The minimum absolute atomic E-state index is 0.177. The number of amides is 3. The average molecular weight is 544 g/mol. The summed E-state index contributed by atoms with van der Waals surface area (Å²) in [7, 11) is 0. The van der Waals surface area contributed by atoms with Gasteiger partial charge in [0.05, 0.1) is 19.4 Å². The van der Waals surface area contributed by atoms with Crippen molar-refractivity contribution in [3.05, 3.63) is 124 Å². The van der Waals surface area contributed by atoms with Crippen LogP contribution in [0.2, 0.25) is 5.02 Å². The molecule has 3 amide bonds. The zero-order chi connectivity index (χ0) is 27.4. The Kier molecular flexibility index (Phi) is 7.65. The number of halogens is 1. The van der Waals surface area contributed by atoms with Gasteiger partial charge in [-0.25, -0.2) is 4.79 Å². The predicted octanol–water partition coefficient (Wildman–Crippen LogP) is 5.87. The highest BCUT2D eigenvalue weighted by atomic mass is 35.5. The van der Waals surface area contributed by atoms with Crippen molar-refractivity contribution in [2.75, 3.05) is 5.32 Å². The summed E-state index contributed by atoms with van der Waals surface area (Å²) in [5.74, 6) is -0.0836. The van der Waals surface area contributed by atoms with Gasteiger partial charge in [-0.2, -0.15) is 0 Å². The molecule has 2 heterocycles. The van der Waals surface area contributed by atoms with Crippen LogP contribution >= 0.6 is 11.6 Å². The van der Waals surface area contributed by atoms with Gasteiger partial charge in [0.25, 0.3) is 5.91 Å². The van der Waals surface area contributed by atoms with Crippen molar-refractivity contribution in [3.8, 4) is 0 Å². The number of hydrogen-bond donors (Lipinski definition) is 2. The van der Waals surface area contributed by atoms with Crippen molar-refractivity contribution in [3.63, 3.8) is 0 Å². The maximum absolute atomic E-state index is 13.4. The Morgan fingerprint density at radius 1 is 0.974 bits per heavy atom. The molecule has 5 rings (SSSR count). The minimum Gasteiger partial charge on any atom is -0.467 e. The van der Waals surface area contributed by atoms with Crippen LogP contribution in [0.4, 0.5) is 10.5 Å². The lowest BCUT2D eigenvalue weighted by Crippen LogP contribution is -2.46. The first-order valence-electron chi connectivity index (χ1n) is 12.4. The lowest BCUT2D eigenvalue weighted by atomic mass is 10.00. The van der Waals surface area contributed by atoms with Crippen molar-refractivity contribution in [1.29, 1.82) is 0 Å². The number of nitrogens with one attached hydrogen (secondary N) is 2. The van der Waals surface area contributed by atoms with E-state index in [-0.39, 0.29) is 24.9 Å². The molecule has 1 saturated heterocycles. The number of furan rings is 1. The van der Waals surface area contributed by atoms with Gasteiger partial charge in [0, 0.05) is 16.3 Å². The van der Waals surface area contributed by atoms with Crippen LogP contribution in [0.25, 0.3) is 0 Å². The van der Waals surface area contributed by atoms with Gasteiger partial charge >= 0.3 is 6.09 Å². The number of nitrogens with zero attached hydrogens (tertiary/aromatic N) is 1. The molecule has 0 spiro atoms. The van der Waals surface area contributed by atoms with Crippen molar-refractivity contribution in [2.45, 2.75) is 32.2 Å². The summed E-state index contributed by atoms with van der Waals surface area (Å²) in [4.78, 5) is 40.5. The van der Waals surface area contributed by atoms with Crippen molar-refractivity contribution >= 4 is 35.2 Å². The Bertz CT molecular complexity index is 1470. The van der Waals surface area contributed by atoms with E-state index in [2.05, 4.69) is 10.6 Å². The number of hydrogen-bond acceptors (Lipinski definition) is 5. The maximum atomic E-state index is 13.4. The maximum Gasteiger partial charge on any atom is 0.411 e. The number of anilines is 1. The fraction of sp³-hybridized carbons (Fsp3) is 0.167. The number of ether oxygens (including phenoxy) is 1. The van der Waals surface area contributed by atoms with Crippen LogP contribution in [0.3, 0.4) is 0 Å². The van der Waals surface area contributed by atoms with E-state index in [9.17, 15) is 14.4 Å². The molecule has 9 heteroatoms. The number of rotatable bonds is 8. The summed E-state index contributed by atoms with van der Waals surface area (Å²) < 4.78 is 11.1. The third-order valence-electron chi connectivity index (χ3n) is 6.43. The van der Waals surface area contributed by atoms with Crippen LogP contribution in [-0.2, 0) is 22.6 Å². The highest BCUT2D eigenvalue weighted by Gasteiger charge is 2.47. The number of carbonyl (C=O) groups is 3. The van der Waals surface area contributed by atoms with Gasteiger partial charge in [0.2, 0.25) is 5.91 Å². The smallest absolute Gasteiger partial charge is 0.411 e. The molecule has 0 radical (unpaired) electrons. The molecule has 8 nitrogen and oxygen atoms in total. The van der Waals surface area contributed by atoms with Crippen LogP contribution in [0.15, 0.2) is 95.6 Å². The molecular weight excluding hydrogens is 518 g/mol. The second kappa shape index (κ2) is 11.4. The Morgan fingerprint density at radius 3 is 2.44 bits per heavy atom. The normalized spacial score (nSPS) is 16.6. The SMILES string of the molecule is Cc1ccc(CN2C(=O)O[C@H](c3ccc(NC(=O)c4cccc(Cl)c4)cc3)[C@H]2C(=O)NCc2ccco2)cc1. The summed E-state index contributed by atoms with van der Waals surface area (Å²) in [6, 6.07) is 23.8. The Hall–Kier alpha value is -4.56. The predicted molar refractivity (Wildman–Crippen MR) is 146 cm³/mol. The Balaban J connectivity index is 1.36. The van der Waals surface area contributed by atoms with Crippen LogP contribution in [0, 0.1) is 6.92 Å². The molecule has 198 valence electrons. The summed E-state index contributed by atoms with van der Waals surface area (Å²) in [5, 5.41) is 6.15. The second-order valence-electron chi connectivity index (χ2n) is 9.25. The quantitative estimate of drug-likeness (QED) is 0.289. The largest absolute Gasteiger partial charge is 0.467 e. The van der Waals surface area contributed by atoms with Gasteiger partial charge in [-0.05, 0) is 60.5 Å². The lowest BCUT2D eigenvalue weighted by Gasteiger charge is -2.24. The van der Waals surface area contributed by atoms with E-state index in [4.69, 9.17) is 20.8 Å². The van der Waals surface area contributed by atoms with Crippen molar-refractivity contribution < 1.29 is 23.5 Å². The van der Waals surface area contributed by atoms with E-state index in [0.717, 1.165) is 11.1 Å². The molecule has 3 aromatic carbocycles. The fourth-order valence-corrected chi connectivity index (χ4v) is 4.57. The molecule has 1 aliphatic rings. The van der Waals surface area contributed by atoms with E-state index >= 15 is 0 Å². The van der Waals surface area contributed by atoms with Gasteiger partial charge in [0.15, 0.2) is 12.1 Å². The van der Waals surface area contributed by atoms with Gasteiger partial charge < -0.3 is 19.8 Å². The summed E-state index contributed by atoms with van der Waals surface area (Å²) >= 11 is 5.99. The first-order chi connectivity index (χ1) is 18.9. The molecule has 39 heavy (non-hydrogen) atoms. The molecule has 1 aromatic heterocycles. The summed E-state index contributed by atoms with van der Waals surface area (Å²) in [6.07, 6.45) is 0.0948. The highest BCUT2D eigenvalue weighted by Crippen LogP contribution is 2.34. The topological polar surface area (TPSA) is 101 Å². The number of cyclic esters (lactones) is 1. The van der Waals surface area contributed by atoms with Crippen LogP contribution in [0.5, 0.6) is 0 Å². The molecule has 0 unspecified atom stereocenters. The van der Waals surface area contributed by atoms with E-state index in [1.807, 2.05) is 31.2 Å². The Morgan fingerprint density at radius 2 is 1.74 bits per heavy atom. The molecule has 2 N–H and O–H groups in total. The average Bonchev–Trinajstić information content (AvgIpc) is 3.57. The van der Waals surface area contributed by atoms with Crippen LogP contribution in [-0.4, -0.2) is 28.8 Å². The molecule has 0 aliphatic carbocycles. The van der Waals surface area contributed by atoms with E-state index < -0.39 is 18.2 Å². The van der Waals surface area contributed by atoms with E-state index in [1.54, 1.807) is 60.7 Å². The third-order valence-corrected chi connectivity index (χ3v) is 6.66. The number of aryl methyl sites for hydroxylation is 1. The molecular formula is C30H26ClN3O5. The number of carbonyl (C=O) groups excluding carboxylic acids is 3. The minimum atomic E-state index is -0.916. The second-order valence-corrected chi connectivity index (χ2v) is 9.68. The van der Waals surface area contributed by atoms with Crippen molar-refractivity contribution in [2.24, 2.45) is 0 Å². The highest BCUT2D eigenvalue weighted by molar-refractivity contribution is 6.31. The zero-order valence-corrected chi connectivity index (χ0v) is 21.9. The van der Waals surface area contributed by atoms with E-state index in [0.29, 0.717) is 27.6 Å². The Labute approximate surface area is 230 Å².